The molecule has 0 bridgehead atoms. The highest BCUT2D eigenvalue weighted by Crippen LogP contribution is 2.07. The Balaban J connectivity index is 1.76. The van der Waals surface area contributed by atoms with E-state index in [1.54, 1.807) is 0 Å². The van der Waals surface area contributed by atoms with Gasteiger partial charge in [0.1, 0.15) is 11.7 Å². The van der Waals surface area contributed by atoms with E-state index < -0.39 is 0 Å². The van der Waals surface area contributed by atoms with Crippen LogP contribution in [0.2, 0.25) is 0 Å². The molecule has 2 aliphatic rings. The van der Waals surface area contributed by atoms with E-state index in [0.29, 0.717) is 0 Å². The standard InChI is InChI=1S/C12H22N4/c1-3-7-11(13-9-5-1)15-16-12-8-4-2-6-10-14-12/h1-10H2,(H,13,15)(H,14,16). The van der Waals surface area contributed by atoms with Crippen LogP contribution in [0.1, 0.15) is 51.4 Å². The molecule has 0 saturated carbocycles. The highest BCUT2D eigenvalue weighted by molar-refractivity contribution is 5.88. The molecule has 0 aromatic heterocycles. The summed E-state index contributed by atoms with van der Waals surface area (Å²) >= 11 is 0. The molecule has 2 heterocycles. The third-order valence-electron chi connectivity index (χ3n) is 3.10. The number of hydrogen-bond acceptors (Lipinski definition) is 4. The van der Waals surface area contributed by atoms with Crippen molar-refractivity contribution in [2.45, 2.75) is 51.4 Å². The Morgan fingerprint density at radius 2 is 1.12 bits per heavy atom. The first kappa shape index (κ1) is 11.4. The van der Waals surface area contributed by atoms with E-state index >= 15 is 0 Å². The zero-order valence-corrected chi connectivity index (χ0v) is 9.97. The fourth-order valence-electron chi connectivity index (χ4n) is 2.10. The van der Waals surface area contributed by atoms with Crippen molar-refractivity contribution >= 4 is 11.7 Å². The molecular weight excluding hydrogens is 200 g/mol. The Bertz CT molecular complexity index is 242. The summed E-state index contributed by atoms with van der Waals surface area (Å²) in [5, 5.41) is 0. The molecule has 0 spiro atoms. The van der Waals surface area contributed by atoms with Crippen molar-refractivity contribution in [3.05, 3.63) is 0 Å². The zero-order chi connectivity index (χ0) is 11.1. The predicted octanol–water partition coefficient (Wildman–Crippen LogP) is 2.03. The van der Waals surface area contributed by atoms with Crippen LogP contribution >= 0.6 is 0 Å². The van der Waals surface area contributed by atoms with Crippen molar-refractivity contribution in [1.29, 1.82) is 0 Å². The number of amidine groups is 2. The normalized spacial score (nSPS) is 22.5. The van der Waals surface area contributed by atoms with Crippen LogP contribution in [0.15, 0.2) is 9.98 Å². The summed E-state index contributed by atoms with van der Waals surface area (Å²) in [6.45, 7) is 1.94. The van der Waals surface area contributed by atoms with Gasteiger partial charge in [0.25, 0.3) is 0 Å². The molecule has 0 aromatic carbocycles. The molecule has 4 heteroatoms. The highest BCUT2D eigenvalue weighted by Gasteiger charge is 2.06. The maximum Gasteiger partial charge on any atom is 0.115 e. The summed E-state index contributed by atoms with van der Waals surface area (Å²) in [5.74, 6) is 2.20. The first-order chi connectivity index (χ1) is 7.95. The van der Waals surface area contributed by atoms with Gasteiger partial charge in [-0.3, -0.25) is 20.8 Å². The van der Waals surface area contributed by atoms with Gasteiger partial charge >= 0.3 is 0 Å². The van der Waals surface area contributed by atoms with E-state index in [1.807, 2.05) is 0 Å². The Labute approximate surface area is 97.6 Å². The Morgan fingerprint density at radius 1 is 0.625 bits per heavy atom. The van der Waals surface area contributed by atoms with Crippen LogP contribution in [-0.2, 0) is 0 Å². The summed E-state index contributed by atoms with van der Waals surface area (Å²) in [4.78, 5) is 9.04. The quantitative estimate of drug-likeness (QED) is 0.616. The fraction of sp³-hybridized carbons (Fsp3) is 0.833. The van der Waals surface area contributed by atoms with E-state index in [9.17, 15) is 0 Å². The average molecular weight is 222 g/mol. The molecule has 0 aliphatic carbocycles. The SMILES string of the molecule is C1CCN=C(NNC2=NCCCCC2)CC1. The Hall–Kier alpha value is -1.06. The van der Waals surface area contributed by atoms with Crippen LogP contribution in [0.4, 0.5) is 0 Å². The van der Waals surface area contributed by atoms with Crippen LogP contribution < -0.4 is 10.9 Å². The van der Waals surface area contributed by atoms with Crippen molar-refractivity contribution in [2.24, 2.45) is 9.98 Å². The topological polar surface area (TPSA) is 48.8 Å². The Kier molecular flexibility index (Phi) is 4.65. The average Bonchev–Trinajstić information content (AvgIpc) is 2.71. The molecule has 0 atom stereocenters. The molecule has 16 heavy (non-hydrogen) atoms. The van der Waals surface area contributed by atoms with Crippen LogP contribution in [0.3, 0.4) is 0 Å². The van der Waals surface area contributed by atoms with Gasteiger partial charge in [-0.2, -0.15) is 0 Å². The molecule has 90 valence electrons. The number of nitrogens with zero attached hydrogens (tertiary/aromatic N) is 2. The molecule has 0 amide bonds. The van der Waals surface area contributed by atoms with Gasteiger partial charge in [-0.25, -0.2) is 0 Å². The van der Waals surface area contributed by atoms with E-state index in [2.05, 4.69) is 20.8 Å². The first-order valence-electron chi connectivity index (χ1n) is 6.54. The van der Waals surface area contributed by atoms with E-state index in [-0.39, 0.29) is 0 Å². The van der Waals surface area contributed by atoms with Crippen molar-refractivity contribution in [3.63, 3.8) is 0 Å². The molecule has 2 rings (SSSR count). The van der Waals surface area contributed by atoms with Gasteiger partial charge in [-0.1, -0.05) is 12.8 Å². The third kappa shape index (κ3) is 3.83. The lowest BCUT2D eigenvalue weighted by Gasteiger charge is -2.12. The number of aliphatic imine (C=N–C) groups is 2. The number of hydrogen-bond donors (Lipinski definition) is 2. The number of rotatable bonds is 0. The van der Waals surface area contributed by atoms with Crippen LogP contribution in [0.5, 0.6) is 0 Å². The Morgan fingerprint density at radius 3 is 1.62 bits per heavy atom. The second-order valence-corrected chi connectivity index (χ2v) is 4.53. The highest BCUT2D eigenvalue weighted by atomic mass is 15.4. The summed E-state index contributed by atoms with van der Waals surface area (Å²) in [7, 11) is 0. The third-order valence-corrected chi connectivity index (χ3v) is 3.10. The van der Waals surface area contributed by atoms with Crippen molar-refractivity contribution < 1.29 is 0 Å². The fourth-order valence-corrected chi connectivity index (χ4v) is 2.10. The van der Waals surface area contributed by atoms with E-state index in [4.69, 9.17) is 0 Å². The van der Waals surface area contributed by atoms with Gasteiger partial charge < -0.3 is 0 Å². The van der Waals surface area contributed by atoms with Gasteiger partial charge in [0, 0.05) is 25.9 Å². The second kappa shape index (κ2) is 6.51. The maximum absolute atomic E-state index is 4.52. The first-order valence-corrected chi connectivity index (χ1v) is 6.54. The monoisotopic (exact) mass is 222 g/mol. The lowest BCUT2D eigenvalue weighted by molar-refractivity contribution is 0.721. The summed E-state index contributed by atoms with van der Waals surface area (Å²) in [6.07, 6.45) is 9.70. The van der Waals surface area contributed by atoms with Gasteiger partial charge in [0.2, 0.25) is 0 Å². The van der Waals surface area contributed by atoms with Crippen LogP contribution in [0, 0.1) is 0 Å². The minimum atomic E-state index is 0.969. The molecule has 0 saturated heterocycles. The molecule has 0 radical (unpaired) electrons. The lowest BCUT2D eigenvalue weighted by atomic mass is 10.2. The van der Waals surface area contributed by atoms with Gasteiger partial charge in [0.15, 0.2) is 0 Å². The molecule has 2 N–H and O–H groups in total. The van der Waals surface area contributed by atoms with Crippen molar-refractivity contribution in [3.8, 4) is 0 Å². The molecule has 0 fully saturated rings. The lowest BCUT2D eigenvalue weighted by Crippen LogP contribution is -2.41. The van der Waals surface area contributed by atoms with Crippen LogP contribution in [-0.4, -0.2) is 24.8 Å². The summed E-state index contributed by atoms with van der Waals surface area (Å²) in [5.41, 5.74) is 6.46. The molecule has 0 aromatic rings. The van der Waals surface area contributed by atoms with E-state index in [0.717, 1.165) is 37.6 Å². The smallest absolute Gasteiger partial charge is 0.115 e. The van der Waals surface area contributed by atoms with Gasteiger partial charge in [0.05, 0.1) is 0 Å². The van der Waals surface area contributed by atoms with Gasteiger partial charge in [-0.15, -0.1) is 0 Å². The molecule has 2 aliphatic heterocycles. The molecule has 4 nitrogen and oxygen atoms in total. The van der Waals surface area contributed by atoms with Gasteiger partial charge in [-0.05, 0) is 25.7 Å². The minimum absolute atomic E-state index is 0.969. The summed E-state index contributed by atoms with van der Waals surface area (Å²) < 4.78 is 0. The van der Waals surface area contributed by atoms with Crippen molar-refractivity contribution in [2.75, 3.05) is 13.1 Å². The predicted molar refractivity (Wildman–Crippen MR) is 67.8 cm³/mol. The summed E-state index contributed by atoms with van der Waals surface area (Å²) in [6, 6.07) is 0. The largest absolute Gasteiger partial charge is 0.287 e. The maximum atomic E-state index is 4.52. The minimum Gasteiger partial charge on any atom is -0.287 e. The number of hydrazine groups is 1. The second-order valence-electron chi connectivity index (χ2n) is 4.53. The molecular formula is C12H22N4. The van der Waals surface area contributed by atoms with Crippen LogP contribution in [0.25, 0.3) is 0 Å². The van der Waals surface area contributed by atoms with E-state index in [1.165, 1.54) is 38.5 Å². The zero-order valence-electron chi connectivity index (χ0n) is 9.97. The number of nitrogens with one attached hydrogen (secondary N) is 2. The van der Waals surface area contributed by atoms with Crippen molar-refractivity contribution in [1.82, 2.24) is 10.9 Å². The molecule has 0 unspecified atom stereocenters.